The predicted molar refractivity (Wildman–Crippen MR) is 80.6 cm³/mol. The lowest BCUT2D eigenvalue weighted by Crippen LogP contribution is -2.08. The van der Waals surface area contributed by atoms with E-state index in [-0.39, 0.29) is 5.97 Å². The maximum atomic E-state index is 11.0. The molecule has 0 atom stereocenters. The molecule has 3 N–H and O–H groups in total. The number of carbonyl (C=O) groups is 1. The summed E-state index contributed by atoms with van der Waals surface area (Å²) in [5.74, 6) is 0.598. The van der Waals surface area contributed by atoms with Gasteiger partial charge in [0.25, 0.3) is 0 Å². The van der Waals surface area contributed by atoms with Gasteiger partial charge in [-0.25, -0.2) is 4.98 Å². The molecule has 0 aliphatic rings. The Morgan fingerprint density at radius 3 is 3.00 bits per heavy atom. The number of nitrogens with zero attached hydrogens (tertiary/aromatic N) is 1. The first-order valence-corrected chi connectivity index (χ1v) is 6.58. The first-order valence-electron chi connectivity index (χ1n) is 6.58. The Kier molecular flexibility index (Phi) is 4.40. The zero-order valence-corrected chi connectivity index (χ0v) is 11.8. The molecule has 0 radical (unpaired) electrons. The fourth-order valence-electron chi connectivity index (χ4n) is 2.19. The van der Waals surface area contributed by atoms with Gasteiger partial charge in [-0.05, 0) is 25.0 Å². The third-order valence-electron chi connectivity index (χ3n) is 3.21. The average molecular weight is 273 g/mol. The molecule has 2 rings (SSSR count). The summed E-state index contributed by atoms with van der Waals surface area (Å²) >= 11 is 0. The first-order chi connectivity index (χ1) is 9.63. The van der Waals surface area contributed by atoms with E-state index < -0.39 is 0 Å². The standard InChI is InChI=1S/C15H19N3O2/c1-10-9-18-15(17-8-4-7-13(19)20-2)11-5-3-6-12(16)14(10)11/h3,5-6,9H,4,7-8,16H2,1-2H3,(H,17,18). The summed E-state index contributed by atoms with van der Waals surface area (Å²) in [7, 11) is 1.40. The fourth-order valence-corrected chi connectivity index (χ4v) is 2.19. The normalized spacial score (nSPS) is 10.5. The van der Waals surface area contributed by atoms with Crippen LogP contribution in [0.4, 0.5) is 11.5 Å². The fraction of sp³-hybridized carbons (Fsp3) is 0.333. The topological polar surface area (TPSA) is 77.2 Å². The van der Waals surface area contributed by atoms with Crippen LogP contribution in [0.2, 0.25) is 0 Å². The number of pyridine rings is 1. The van der Waals surface area contributed by atoms with E-state index >= 15 is 0 Å². The molecule has 5 heteroatoms. The lowest BCUT2D eigenvalue weighted by Gasteiger charge is -2.11. The molecule has 0 saturated carbocycles. The van der Waals surface area contributed by atoms with E-state index in [9.17, 15) is 4.79 Å². The number of methoxy groups -OCH3 is 1. The highest BCUT2D eigenvalue weighted by molar-refractivity contribution is 6.01. The van der Waals surface area contributed by atoms with Crippen molar-refractivity contribution in [2.45, 2.75) is 19.8 Å². The van der Waals surface area contributed by atoms with Crippen LogP contribution in [-0.2, 0) is 9.53 Å². The van der Waals surface area contributed by atoms with Crippen molar-refractivity contribution >= 4 is 28.2 Å². The molecular formula is C15H19N3O2. The van der Waals surface area contributed by atoms with Crippen molar-refractivity contribution < 1.29 is 9.53 Å². The maximum Gasteiger partial charge on any atom is 0.305 e. The van der Waals surface area contributed by atoms with Crippen LogP contribution >= 0.6 is 0 Å². The highest BCUT2D eigenvalue weighted by Gasteiger charge is 2.07. The molecule has 0 fully saturated rings. The summed E-state index contributed by atoms with van der Waals surface area (Å²) in [6, 6.07) is 5.79. The molecule has 0 amide bonds. The Hall–Kier alpha value is -2.30. The summed E-state index contributed by atoms with van der Waals surface area (Å²) in [6.45, 7) is 2.65. The Labute approximate surface area is 118 Å². The lowest BCUT2D eigenvalue weighted by molar-refractivity contribution is -0.140. The largest absolute Gasteiger partial charge is 0.469 e. The number of rotatable bonds is 5. The van der Waals surface area contributed by atoms with Gasteiger partial charge in [0.2, 0.25) is 0 Å². The first kappa shape index (κ1) is 14.1. The van der Waals surface area contributed by atoms with Gasteiger partial charge in [-0.1, -0.05) is 12.1 Å². The van der Waals surface area contributed by atoms with Crippen LogP contribution in [-0.4, -0.2) is 24.6 Å². The number of ether oxygens (including phenoxy) is 1. The van der Waals surface area contributed by atoms with E-state index in [0.29, 0.717) is 19.4 Å². The van der Waals surface area contributed by atoms with Crippen LogP contribution in [0.25, 0.3) is 10.8 Å². The smallest absolute Gasteiger partial charge is 0.305 e. The van der Waals surface area contributed by atoms with E-state index in [1.807, 2.05) is 25.1 Å². The van der Waals surface area contributed by atoms with Gasteiger partial charge in [-0.3, -0.25) is 4.79 Å². The molecule has 0 aliphatic carbocycles. The number of aryl methyl sites for hydroxylation is 1. The molecule has 0 aliphatic heterocycles. The van der Waals surface area contributed by atoms with Crippen LogP contribution < -0.4 is 11.1 Å². The van der Waals surface area contributed by atoms with Crippen LogP contribution in [0, 0.1) is 6.92 Å². The molecule has 0 unspecified atom stereocenters. The van der Waals surface area contributed by atoms with Gasteiger partial charge in [0, 0.05) is 35.6 Å². The van der Waals surface area contributed by atoms with Crippen molar-refractivity contribution in [1.82, 2.24) is 4.98 Å². The van der Waals surface area contributed by atoms with Gasteiger partial charge in [-0.15, -0.1) is 0 Å². The number of hydrogen-bond acceptors (Lipinski definition) is 5. The zero-order chi connectivity index (χ0) is 14.5. The Morgan fingerprint density at radius 2 is 2.25 bits per heavy atom. The van der Waals surface area contributed by atoms with Crippen molar-refractivity contribution in [2.24, 2.45) is 0 Å². The number of benzene rings is 1. The van der Waals surface area contributed by atoms with Crippen LogP contribution in [0.15, 0.2) is 24.4 Å². The van der Waals surface area contributed by atoms with Crippen molar-refractivity contribution in [3.63, 3.8) is 0 Å². The Bertz CT molecular complexity index is 618. The second-order valence-electron chi connectivity index (χ2n) is 4.67. The number of aromatic nitrogens is 1. The van der Waals surface area contributed by atoms with Crippen molar-refractivity contribution in [1.29, 1.82) is 0 Å². The molecule has 0 spiro atoms. The van der Waals surface area contributed by atoms with Crippen molar-refractivity contribution in [3.05, 3.63) is 30.0 Å². The van der Waals surface area contributed by atoms with Crippen LogP contribution in [0.1, 0.15) is 18.4 Å². The second kappa shape index (κ2) is 6.23. The number of esters is 1. The maximum absolute atomic E-state index is 11.0. The molecule has 20 heavy (non-hydrogen) atoms. The molecule has 0 bridgehead atoms. The number of nitrogens with two attached hydrogens (primary N) is 1. The number of nitrogen functional groups attached to an aromatic ring is 1. The van der Waals surface area contributed by atoms with Crippen molar-refractivity contribution in [3.8, 4) is 0 Å². The lowest BCUT2D eigenvalue weighted by atomic mass is 10.1. The predicted octanol–water partition coefficient (Wildman–Crippen LogP) is 2.49. The number of hydrogen-bond donors (Lipinski definition) is 2. The SMILES string of the molecule is COC(=O)CCCNc1ncc(C)c2c(N)cccc12. The third kappa shape index (κ3) is 2.99. The number of carbonyl (C=O) groups excluding carboxylic acids is 1. The van der Waals surface area contributed by atoms with E-state index in [0.717, 1.165) is 27.8 Å². The van der Waals surface area contributed by atoms with Gasteiger partial charge in [0.1, 0.15) is 5.82 Å². The average Bonchev–Trinajstić information content (AvgIpc) is 2.45. The van der Waals surface area contributed by atoms with E-state index in [1.54, 1.807) is 6.20 Å². The summed E-state index contributed by atoms with van der Waals surface area (Å²) in [5, 5.41) is 5.28. The minimum Gasteiger partial charge on any atom is -0.469 e. The highest BCUT2D eigenvalue weighted by Crippen LogP contribution is 2.28. The third-order valence-corrected chi connectivity index (χ3v) is 3.21. The van der Waals surface area contributed by atoms with Gasteiger partial charge >= 0.3 is 5.97 Å². The molecular weight excluding hydrogens is 254 g/mol. The quantitative estimate of drug-likeness (QED) is 0.497. The summed E-state index contributed by atoms with van der Waals surface area (Å²) in [6.07, 6.45) is 2.91. The molecule has 1 heterocycles. The monoisotopic (exact) mass is 273 g/mol. The summed E-state index contributed by atoms with van der Waals surface area (Å²) in [4.78, 5) is 15.4. The molecule has 0 saturated heterocycles. The molecule has 1 aromatic carbocycles. The van der Waals surface area contributed by atoms with E-state index in [1.165, 1.54) is 7.11 Å². The number of nitrogens with one attached hydrogen (secondary N) is 1. The minimum absolute atomic E-state index is 0.197. The minimum atomic E-state index is -0.197. The molecule has 2 aromatic rings. The van der Waals surface area contributed by atoms with Gasteiger partial charge in [0.15, 0.2) is 0 Å². The summed E-state index contributed by atoms with van der Waals surface area (Å²) < 4.78 is 4.61. The van der Waals surface area contributed by atoms with E-state index in [4.69, 9.17) is 5.73 Å². The summed E-state index contributed by atoms with van der Waals surface area (Å²) in [5.41, 5.74) is 7.83. The Balaban J connectivity index is 2.13. The van der Waals surface area contributed by atoms with Crippen molar-refractivity contribution in [2.75, 3.05) is 24.7 Å². The second-order valence-corrected chi connectivity index (χ2v) is 4.67. The molecule has 1 aromatic heterocycles. The number of fused-ring (bicyclic) bond motifs is 1. The zero-order valence-electron chi connectivity index (χ0n) is 11.8. The van der Waals surface area contributed by atoms with Crippen LogP contribution in [0.3, 0.4) is 0 Å². The Morgan fingerprint density at radius 1 is 1.45 bits per heavy atom. The molecule has 5 nitrogen and oxygen atoms in total. The number of anilines is 2. The van der Waals surface area contributed by atoms with E-state index in [2.05, 4.69) is 15.0 Å². The van der Waals surface area contributed by atoms with Crippen LogP contribution in [0.5, 0.6) is 0 Å². The molecule has 106 valence electrons. The van der Waals surface area contributed by atoms with Gasteiger partial charge < -0.3 is 15.8 Å². The van der Waals surface area contributed by atoms with Gasteiger partial charge in [-0.2, -0.15) is 0 Å². The highest BCUT2D eigenvalue weighted by atomic mass is 16.5. The van der Waals surface area contributed by atoms with Gasteiger partial charge in [0.05, 0.1) is 7.11 Å².